The Morgan fingerprint density at radius 3 is 2.68 bits per heavy atom. The molecule has 0 aliphatic heterocycles. The van der Waals surface area contributed by atoms with Crippen molar-refractivity contribution in [3.63, 3.8) is 0 Å². The van der Waals surface area contributed by atoms with Crippen molar-refractivity contribution in [3.05, 3.63) is 36.4 Å². The molecule has 0 unspecified atom stereocenters. The summed E-state index contributed by atoms with van der Waals surface area (Å²) >= 11 is 6.20. The summed E-state index contributed by atoms with van der Waals surface area (Å²) in [6.45, 7) is 2.94. The first-order valence-electron chi connectivity index (χ1n) is 6.24. The summed E-state index contributed by atoms with van der Waals surface area (Å²) in [7, 11) is 0. The van der Waals surface area contributed by atoms with E-state index in [0.717, 1.165) is 30.2 Å². The van der Waals surface area contributed by atoms with E-state index in [-0.39, 0.29) is 0 Å². The highest BCUT2D eigenvalue weighted by atomic mass is 32.1. The number of aliphatic imine (C=N–C) groups is 1. The Labute approximate surface area is 122 Å². The molecule has 0 saturated heterocycles. The molecule has 1 aromatic carbocycles. The second-order valence-corrected chi connectivity index (χ2v) is 5.31. The van der Waals surface area contributed by atoms with Gasteiger partial charge >= 0.3 is 0 Å². The minimum Gasteiger partial charge on any atom is -0.494 e. The van der Waals surface area contributed by atoms with Crippen molar-refractivity contribution in [2.24, 2.45) is 4.99 Å². The van der Waals surface area contributed by atoms with Gasteiger partial charge in [0.2, 0.25) is 0 Å². The fraction of sp³-hybridized carbons (Fsp3) is 0.267. The largest absolute Gasteiger partial charge is 0.494 e. The van der Waals surface area contributed by atoms with E-state index in [4.69, 9.17) is 4.74 Å². The fourth-order valence-electron chi connectivity index (χ4n) is 1.64. The number of unbranched alkanes of at least 4 members (excludes halogenated alkanes) is 1. The Morgan fingerprint density at radius 1 is 1.21 bits per heavy atom. The number of hydrogen-bond acceptors (Lipinski definition) is 4. The van der Waals surface area contributed by atoms with Crippen molar-refractivity contribution >= 4 is 33.7 Å². The first kappa shape index (κ1) is 13.9. The van der Waals surface area contributed by atoms with Crippen LogP contribution in [0, 0.1) is 0 Å². The highest BCUT2D eigenvalue weighted by Gasteiger charge is 2.02. The molecule has 2 aromatic rings. The van der Waals surface area contributed by atoms with Crippen molar-refractivity contribution in [1.82, 2.24) is 0 Å². The molecule has 0 bridgehead atoms. The predicted octanol–water partition coefficient (Wildman–Crippen LogP) is 5.33. The normalized spacial score (nSPS) is 9.95. The zero-order chi connectivity index (χ0) is 13.5. The minimum atomic E-state index is 0.780. The average molecular weight is 289 g/mol. The van der Waals surface area contributed by atoms with Crippen LogP contribution in [0.3, 0.4) is 0 Å². The first-order valence-corrected chi connectivity index (χ1v) is 7.47. The lowest BCUT2D eigenvalue weighted by atomic mass is 10.2. The summed E-state index contributed by atoms with van der Waals surface area (Å²) < 4.78 is 5.64. The fourth-order valence-corrected chi connectivity index (χ4v) is 2.64. The van der Waals surface area contributed by atoms with Crippen LogP contribution >= 0.6 is 23.6 Å². The molecule has 0 amide bonds. The lowest BCUT2D eigenvalue weighted by molar-refractivity contribution is 0.309. The van der Waals surface area contributed by atoms with Gasteiger partial charge in [-0.1, -0.05) is 13.3 Å². The zero-order valence-corrected chi connectivity index (χ0v) is 12.4. The number of thiocarbonyl (C=S) groups is 1. The molecule has 0 aliphatic carbocycles. The quantitative estimate of drug-likeness (QED) is 0.407. The molecule has 1 heterocycles. The van der Waals surface area contributed by atoms with E-state index in [0.29, 0.717) is 0 Å². The van der Waals surface area contributed by atoms with Gasteiger partial charge in [-0.25, -0.2) is 0 Å². The third-order valence-corrected chi connectivity index (χ3v) is 3.77. The SMILES string of the molecule is CCCCOc1ccc(-c2ccc(N=C=S)s2)cc1. The number of ether oxygens (including phenoxy) is 1. The van der Waals surface area contributed by atoms with Gasteiger partial charge in [-0.2, -0.15) is 4.99 Å². The van der Waals surface area contributed by atoms with Gasteiger partial charge in [-0.05, 0) is 60.6 Å². The van der Waals surface area contributed by atoms with E-state index in [1.54, 1.807) is 11.3 Å². The smallest absolute Gasteiger partial charge is 0.127 e. The summed E-state index contributed by atoms with van der Waals surface area (Å²) in [5, 5.41) is 3.27. The number of hydrogen-bond donors (Lipinski definition) is 0. The monoisotopic (exact) mass is 289 g/mol. The molecule has 0 atom stereocenters. The number of rotatable bonds is 6. The van der Waals surface area contributed by atoms with E-state index in [2.05, 4.69) is 41.4 Å². The van der Waals surface area contributed by atoms with Crippen molar-refractivity contribution in [1.29, 1.82) is 0 Å². The summed E-state index contributed by atoms with van der Waals surface area (Å²) in [4.78, 5) is 5.15. The second kappa shape index (κ2) is 7.19. The van der Waals surface area contributed by atoms with Gasteiger partial charge in [-0.15, -0.1) is 11.3 Å². The maximum Gasteiger partial charge on any atom is 0.127 e. The van der Waals surface area contributed by atoms with Gasteiger partial charge in [0.15, 0.2) is 0 Å². The Kier molecular flexibility index (Phi) is 5.28. The third kappa shape index (κ3) is 4.00. The zero-order valence-electron chi connectivity index (χ0n) is 10.8. The molecule has 0 aliphatic rings. The van der Waals surface area contributed by atoms with Crippen LogP contribution in [0.15, 0.2) is 41.4 Å². The molecule has 0 N–H and O–H groups in total. The number of isothiocyanates is 1. The summed E-state index contributed by atoms with van der Waals surface area (Å²) in [5.74, 6) is 0.922. The highest BCUT2D eigenvalue weighted by molar-refractivity contribution is 7.78. The molecule has 0 radical (unpaired) electrons. The molecule has 2 nitrogen and oxygen atoms in total. The van der Waals surface area contributed by atoms with E-state index >= 15 is 0 Å². The molecular formula is C15H15NOS2. The van der Waals surface area contributed by atoms with Gasteiger partial charge in [0.1, 0.15) is 10.8 Å². The van der Waals surface area contributed by atoms with Gasteiger partial charge in [-0.3, -0.25) is 0 Å². The van der Waals surface area contributed by atoms with Crippen LogP contribution in [0.5, 0.6) is 5.75 Å². The van der Waals surface area contributed by atoms with Crippen molar-refractivity contribution < 1.29 is 4.74 Å². The molecule has 0 fully saturated rings. The summed E-state index contributed by atoms with van der Waals surface area (Å²) in [6, 6.07) is 12.1. The van der Waals surface area contributed by atoms with Gasteiger partial charge in [0.25, 0.3) is 0 Å². The van der Waals surface area contributed by atoms with Crippen LogP contribution in [0.2, 0.25) is 0 Å². The molecular weight excluding hydrogens is 274 g/mol. The second-order valence-electron chi connectivity index (χ2n) is 4.07. The Balaban J connectivity index is 2.06. The van der Waals surface area contributed by atoms with Crippen LogP contribution in [-0.4, -0.2) is 11.8 Å². The van der Waals surface area contributed by atoms with Crippen LogP contribution in [0.1, 0.15) is 19.8 Å². The van der Waals surface area contributed by atoms with Gasteiger partial charge < -0.3 is 4.74 Å². The molecule has 0 spiro atoms. The molecule has 2 rings (SSSR count). The van der Waals surface area contributed by atoms with Crippen LogP contribution < -0.4 is 4.74 Å². The third-order valence-electron chi connectivity index (χ3n) is 2.65. The maximum absolute atomic E-state index is 5.64. The summed E-state index contributed by atoms with van der Waals surface area (Å²) in [5.41, 5.74) is 1.17. The molecule has 1 aromatic heterocycles. The van der Waals surface area contributed by atoms with Gasteiger partial charge in [0, 0.05) is 4.88 Å². The number of nitrogens with zero attached hydrogens (tertiary/aromatic N) is 1. The van der Waals surface area contributed by atoms with Crippen LogP contribution in [-0.2, 0) is 0 Å². The minimum absolute atomic E-state index is 0.780. The summed E-state index contributed by atoms with van der Waals surface area (Å²) in [6.07, 6.45) is 2.24. The molecule has 98 valence electrons. The Morgan fingerprint density at radius 2 is 2.00 bits per heavy atom. The Bertz CT molecular complexity index is 568. The standard InChI is InChI=1S/C15H15NOS2/c1-2-3-10-17-13-6-4-12(5-7-13)14-8-9-15(19-14)16-11-18/h4-9H,2-3,10H2,1H3. The van der Waals surface area contributed by atoms with E-state index < -0.39 is 0 Å². The predicted molar refractivity (Wildman–Crippen MR) is 84.8 cm³/mol. The van der Waals surface area contributed by atoms with Crippen molar-refractivity contribution in [2.75, 3.05) is 6.61 Å². The van der Waals surface area contributed by atoms with Crippen LogP contribution in [0.25, 0.3) is 10.4 Å². The molecule has 19 heavy (non-hydrogen) atoms. The lowest BCUT2D eigenvalue weighted by Gasteiger charge is -2.05. The number of thiophene rings is 1. The lowest BCUT2D eigenvalue weighted by Crippen LogP contribution is -1.95. The molecule has 4 heteroatoms. The average Bonchev–Trinajstić information content (AvgIpc) is 2.89. The van der Waals surface area contributed by atoms with Gasteiger partial charge in [0.05, 0.1) is 11.8 Å². The van der Waals surface area contributed by atoms with Crippen molar-refractivity contribution in [3.8, 4) is 16.2 Å². The molecule has 0 saturated carbocycles. The number of benzene rings is 1. The topological polar surface area (TPSA) is 21.6 Å². The maximum atomic E-state index is 5.64. The first-order chi connectivity index (χ1) is 9.33. The highest BCUT2D eigenvalue weighted by Crippen LogP contribution is 2.33. The Hall–Kier alpha value is -1.48. The van der Waals surface area contributed by atoms with E-state index in [1.807, 2.05) is 24.3 Å². The van der Waals surface area contributed by atoms with Crippen LogP contribution in [0.4, 0.5) is 5.00 Å². The van der Waals surface area contributed by atoms with E-state index in [9.17, 15) is 0 Å². The van der Waals surface area contributed by atoms with Crippen molar-refractivity contribution in [2.45, 2.75) is 19.8 Å². The van der Waals surface area contributed by atoms with E-state index in [1.165, 1.54) is 10.4 Å².